The molecule has 5 heteroatoms. The monoisotopic (exact) mass is 397 g/mol. The SMILES string of the molecule is C1CC2CCC12.Cl.NCc1cc(Br)cc(Br)c1O. The van der Waals surface area contributed by atoms with Gasteiger partial charge in [-0.2, -0.15) is 0 Å². The first kappa shape index (κ1) is 16.3. The lowest BCUT2D eigenvalue weighted by Gasteiger charge is -2.46. The van der Waals surface area contributed by atoms with Crippen LogP contribution in [-0.2, 0) is 6.54 Å². The Bertz CT molecular complexity index is 396. The molecule has 0 atom stereocenters. The van der Waals surface area contributed by atoms with Gasteiger partial charge in [-0.15, -0.1) is 12.4 Å². The molecule has 2 saturated carbocycles. The summed E-state index contributed by atoms with van der Waals surface area (Å²) in [5, 5.41) is 9.37. The van der Waals surface area contributed by atoms with E-state index in [0.29, 0.717) is 11.0 Å². The number of halogens is 3. The van der Waals surface area contributed by atoms with E-state index in [1.54, 1.807) is 37.8 Å². The smallest absolute Gasteiger partial charge is 0.134 e. The first-order valence-corrected chi connectivity index (χ1v) is 7.57. The molecule has 0 heterocycles. The zero-order valence-corrected chi connectivity index (χ0v) is 14.0. The Balaban J connectivity index is 0.000000194. The molecule has 2 nitrogen and oxygen atoms in total. The average Bonchev–Trinajstić information content (AvgIpc) is 2.29. The van der Waals surface area contributed by atoms with E-state index < -0.39 is 0 Å². The van der Waals surface area contributed by atoms with E-state index in [4.69, 9.17) is 5.73 Å². The summed E-state index contributed by atoms with van der Waals surface area (Å²) in [5.41, 5.74) is 6.11. The van der Waals surface area contributed by atoms with E-state index in [9.17, 15) is 5.11 Å². The quantitative estimate of drug-likeness (QED) is 0.725. The number of phenols is 1. The maximum atomic E-state index is 9.37. The zero-order valence-electron chi connectivity index (χ0n) is 10.0. The van der Waals surface area contributed by atoms with Crippen molar-refractivity contribution in [1.82, 2.24) is 0 Å². The van der Waals surface area contributed by atoms with Gasteiger partial charge < -0.3 is 10.8 Å². The topological polar surface area (TPSA) is 46.2 Å². The molecule has 1 aromatic rings. The molecule has 0 bridgehead atoms. The second-order valence-corrected chi connectivity index (χ2v) is 6.54. The minimum Gasteiger partial charge on any atom is -0.506 e. The van der Waals surface area contributed by atoms with E-state index in [1.807, 2.05) is 0 Å². The highest BCUT2D eigenvalue weighted by Gasteiger charge is 2.37. The Morgan fingerprint density at radius 3 is 1.94 bits per heavy atom. The van der Waals surface area contributed by atoms with Crippen LogP contribution in [0.4, 0.5) is 0 Å². The molecule has 1 aromatic carbocycles. The largest absolute Gasteiger partial charge is 0.506 e. The number of hydrogen-bond donors (Lipinski definition) is 2. The van der Waals surface area contributed by atoms with Crippen molar-refractivity contribution in [1.29, 1.82) is 0 Å². The molecule has 0 radical (unpaired) electrons. The Morgan fingerprint density at radius 2 is 1.61 bits per heavy atom. The molecule has 0 aromatic heterocycles. The van der Waals surface area contributed by atoms with Gasteiger partial charge in [0, 0.05) is 16.6 Å². The summed E-state index contributed by atoms with van der Waals surface area (Å²) >= 11 is 6.49. The third-order valence-electron chi connectivity index (χ3n) is 3.81. The lowest BCUT2D eigenvalue weighted by Crippen LogP contribution is -2.34. The number of aromatic hydroxyl groups is 1. The second kappa shape index (κ2) is 7.13. The van der Waals surface area contributed by atoms with Crippen molar-refractivity contribution in [3.05, 3.63) is 26.6 Å². The fourth-order valence-electron chi connectivity index (χ4n) is 2.34. The highest BCUT2D eigenvalue weighted by molar-refractivity contribution is 9.11. The number of fused-ring (bicyclic) bond motifs is 1. The van der Waals surface area contributed by atoms with Crippen LogP contribution in [0.25, 0.3) is 0 Å². The van der Waals surface area contributed by atoms with Crippen molar-refractivity contribution in [3.8, 4) is 5.75 Å². The highest BCUT2D eigenvalue weighted by Crippen LogP contribution is 2.49. The summed E-state index contributed by atoms with van der Waals surface area (Å²) in [4.78, 5) is 0. The molecule has 2 aliphatic carbocycles. The average molecular weight is 400 g/mol. The van der Waals surface area contributed by atoms with Crippen LogP contribution in [0.5, 0.6) is 5.75 Å². The van der Waals surface area contributed by atoms with Gasteiger partial charge in [-0.05, 0) is 65.6 Å². The van der Waals surface area contributed by atoms with Gasteiger partial charge in [-0.3, -0.25) is 0 Å². The van der Waals surface area contributed by atoms with Crippen LogP contribution in [0.2, 0.25) is 0 Å². The summed E-state index contributed by atoms with van der Waals surface area (Å²) in [5.74, 6) is 2.64. The van der Waals surface area contributed by atoms with Crippen LogP contribution in [0, 0.1) is 11.8 Å². The van der Waals surface area contributed by atoms with E-state index in [1.165, 1.54) is 11.8 Å². The van der Waals surface area contributed by atoms with Gasteiger partial charge >= 0.3 is 0 Å². The molecule has 0 amide bonds. The van der Waals surface area contributed by atoms with Crippen molar-refractivity contribution in [3.63, 3.8) is 0 Å². The van der Waals surface area contributed by atoms with Crippen molar-refractivity contribution in [2.45, 2.75) is 32.2 Å². The summed E-state index contributed by atoms with van der Waals surface area (Å²) in [7, 11) is 0. The molecule has 0 aliphatic heterocycles. The summed E-state index contributed by atoms with van der Waals surface area (Å²) < 4.78 is 1.56. The highest BCUT2D eigenvalue weighted by atomic mass is 79.9. The maximum Gasteiger partial charge on any atom is 0.134 e. The minimum atomic E-state index is 0. The van der Waals surface area contributed by atoms with Crippen LogP contribution in [0.3, 0.4) is 0 Å². The van der Waals surface area contributed by atoms with Gasteiger partial charge in [0.25, 0.3) is 0 Å². The van der Waals surface area contributed by atoms with Crippen molar-refractivity contribution >= 4 is 44.3 Å². The third kappa shape index (κ3) is 3.62. The standard InChI is InChI=1S/C7H7Br2NO.C6H10.ClH/c8-5-1-4(3-10)7(11)6(9)2-5;1-2-6-4-3-5(1)6;/h1-2,11H,3,10H2;5-6H,1-4H2;1H. The molecular formula is C13H18Br2ClNO. The fraction of sp³-hybridized carbons (Fsp3) is 0.538. The maximum absolute atomic E-state index is 9.37. The lowest BCUT2D eigenvalue weighted by molar-refractivity contribution is 0.0548. The fourth-order valence-corrected chi connectivity index (χ4v) is 3.65. The van der Waals surface area contributed by atoms with Crippen LogP contribution < -0.4 is 5.73 Å². The zero-order chi connectivity index (χ0) is 12.4. The molecule has 2 fully saturated rings. The Kier molecular flexibility index (Phi) is 6.45. The molecule has 3 N–H and O–H groups in total. The van der Waals surface area contributed by atoms with Gasteiger partial charge in [-0.1, -0.05) is 15.9 Å². The summed E-state index contributed by atoms with van der Waals surface area (Å²) in [6, 6.07) is 3.56. The summed E-state index contributed by atoms with van der Waals surface area (Å²) in [6.07, 6.45) is 6.24. The Hall–Kier alpha value is 0.230. The Labute approximate surface area is 131 Å². The molecule has 18 heavy (non-hydrogen) atoms. The van der Waals surface area contributed by atoms with Gasteiger partial charge in [0.05, 0.1) is 4.47 Å². The first-order chi connectivity index (χ1) is 8.11. The molecule has 102 valence electrons. The van der Waals surface area contributed by atoms with E-state index in [2.05, 4.69) is 31.9 Å². The predicted molar refractivity (Wildman–Crippen MR) is 84.1 cm³/mol. The van der Waals surface area contributed by atoms with Crippen LogP contribution >= 0.6 is 44.3 Å². The van der Waals surface area contributed by atoms with E-state index in [-0.39, 0.29) is 18.2 Å². The van der Waals surface area contributed by atoms with Crippen LogP contribution in [-0.4, -0.2) is 5.11 Å². The summed E-state index contributed by atoms with van der Waals surface area (Å²) in [6.45, 7) is 0.337. The van der Waals surface area contributed by atoms with Crippen LogP contribution in [0.15, 0.2) is 21.1 Å². The van der Waals surface area contributed by atoms with Gasteiger partial charge in [-0.25, -0.2) is 0 Å². The minimum absolute atomic E-state index is 0. The molecule has 2 aliphatic rings. The van der Waals surface area contributed by atoms with Gasteiger partial charge in [0.2, 0.25) is 0 Å². The van der Waals surface area contributed by atoms with Crippen molar-refractivity contribution < 1.29 is 5.11 Å². The lowest BCUT2D eigenvalue weighted by atomic mass is 9.60. The van der Waals surface area contributed by atoms with E-state index >= 15 is 0 Å². The molecular weight excluding hydrogens is 381 g/mol. The van der Waals surface area contributed by atoms with Gasteiger partial charge in [0.1, 0.15) is 5.75 Å². The van der Waals surface area contributed by atoms with Crippen LogP contribution in [0.1, 0.15) is 31.2 Å². The predicted octanol–water partition coefficient (Wildman–Crippen LogP) is 4.60. The third-order valence-corrected chi connectivity index (χ3v) is 4.87. The number of nitrogens with two attached hydrogens (primary N) is 1. The van der Waals surface area contributed by atoms with Crippen molar-refractivity contribution in [2.24, 2.45) is 17.6 Å². The molecule has 3 rings (SSSR count). The van der Waals surface area contributed by atoms with Gasteiger partial charge in [0.15, 0.2) is 0 Å². The first-order valence-electron chi connectivity index (χ1n) is 5.98. The number of rotatable bonds is 1. The number of benzene rings is 1. The molecule has 0 spiro atoms. The molecule has 0 unspecified atom stereocenters. The Morgan fingerprint density at radius 1 is 1.11 bits per heavy atom. The normalized spacial score (nSPS) is 23.5. The second-order valence-electron chi connectivity index (χ2n) is 4.77. The number of hydrogen-bond acceptors (Lipinski definition) is 2. The van der Waals surface area contributed by atoms with E-state index in [0.717, 1.165) is 10.0 Å². The molecule has 0 saturated heterocycles. The number of phenolic OH excluding ortho intramolecular Hbond substituents is 1. The van der Waals surface area contributed by atoms with Crippen molar-refractivity contribution in [2.75, 3.05) is 0 Å².